The summed E-state index contributed by atoms with van der Waals surface area (Å²) >= 11 is 0. The van der Waals surface area contributed by atoms with Crippen molar-refractivity contribution in [3.63, 3.8) is 0 Å². The van der Waals surface area contributed by atoms with Crippen LogP contribution < -0.4 is 0 Å². The average molecular weight is 601 g/mol. The van der Waals surface area contributed by atoms with E-state index < -0.39 is 0 Å². The van der Waals surface area contributed by atoms with Crippen molar-refractivity contribution in [2.45, 2.75) is 125 Å². The number of ether oxygens (including phenoxy) is 3. The highest BCUT2D eigenvalue weighted by Gasteiger charge is 2.45. The van der Waals surface area contributed by atoms with Gasteiger partial charge in [-0.2, -0.15) is 0 Å². The molecule has 0 radical (unpaired) electrons. The molecular formula is C35H68O7. The first-order chi connectivity index (χ1) is 20.1. The van der Waals surface area contributed by atoms with E-state index >= 15 is 0 Å². The maximum absolute atomic E-state index is 11.5. The molecule has 0 amide bonds. The highest BCUT2D eigenvalue weighted by Crippen LogP contribution is 2.49. The number of methoxy groups -OCH3 is 1. The van der Waals surface area contributed by atoms with Crippen molar-refractivity contribution in [2.24, 2.45) is 59.2 Å². The Morgan fingerprint density at radius 1 is 0.762 bits per heavy atom. The fraction of sp³-hybridized carbons (Fsp3) is 0.971. The van der Waals surface area contributed by atoms with Gasteiger partial charge in [-0.1, -0.05) is 40.5 Å². The molecule has 7 heteroatoms. The zero-order chi connectivity index (χ0) is 31.8. The Morgan fingerprint density at radius 2 is 1.17 bits per heavy atom. The summed E-state index contributed by atoms with van der Waals surface area (Å²) in [5.41, 5.74) is 0. The van der Waals surface area contributed by atoms with Gasteiger partial charge >= 0.3 is 0 Å². The summed E-state index contributed by atoms with van der Waals surface area (Å²) in [6, 6.07) is 0. The summed E-state index contributed by atoms with van der Waals surface area (Å²) in [6.07, 6.45) is 11.9. The molecule has 0 aromatic carbocycles. The quantitative estimate of drug-likeness (QED) is 0.284. The number of hydrogen-bond donors (Lipinski definition) is 3. The van der Waals surface area contributed by atoms with E-state index in [4.69, 9.17) is 24.5 Å². The van der Waals surface area contributed by atoms with Gasteiger partial charge in [-0.25, -0.2) is 0 Å². The third kappa shape index (κ3) is 11.6. The third-order valence-corrected chi connectivity index (χ3v) is 11.4. The van der Waals surface area contributed by atoms with E-state index in [0.29, 0.717) is 47.7 Å². The second kappa shape index (κ2) is 21.1. The third-order valence-electron chi connectivity index (χ3n) is 11.4. The zero-order valence-corrected chi connectivity index (χ0v) is 28.5. The predicted octanol–water partition coefficient (Wildman–Crippen LogP) is 6.93. The van der Waals surface area contributed by atoms with E-state index in [2.05, 4.69) is 46.3 Å². The highest BCUT2D eigenvalue weighted by molar-refractivity contribution is 5.32. The lowest BCUT2D eigenvalue weighted by molar-refractivity contribution is -0.122. The maximum Gasteiger partial charge on any atom is 0.290 e. The Kier molecular flexibility index (Phi) is 19.7. The molecule has 13 atom stereocenters. The van der Waals surface area contributed by atoms with Crippen molar-refractivity contribution in [3.8, 4) is 0 Å². The van der Waals surface area contributed by atoms with Crippen LogP contribution in [0.15, 0.2) is 0 Å². The lowest BCUT2D eigenvalue weighted by atomic mass is 9.60. The molecule has 2 aliphatic heterocycles. The number of hydrogen-bond acceptors (Lipinski definition) is 6. The van der Waals surface area contributed by atoms with E-state index in [0.717, 1.165) is 57.0 Å². The Hall–Kier alpha value is -0.730. The molecule has 4 aliphatic rings. The summed E-state index contributed by atoms with van der Waals surface area (Å²) in [7, 11) is 2.68. The zero-order valence-electron chi connectivity index (χ0n) is 28.5. The molecule has 2 saturated heterocycles. The van der Waals surface area contributed by atoms with E-state index in [1.54, 1.807) is 7.11 Å². The lowest BCUT2D eigenvalue weighted by Gasteiger charge is -2.46. The molecule has 9 unspecified atom stereocenters. The van der Waals surface area contributed by atoms with Gasteiger partial charge in [0.1, 0.15) is 0 Å². The minimum atomic E-state index is -0.250. The van der Waals surface area contributed by atoms with Gasteiger partial charge in [-0.15, -0.1) is 0 Å². The van der Waals surface area contributed by atoms with E-state index in [1.807, 2.05) is 6.92 Å². The topological polar surface area (TPSA) is 105 Å². The Labute approximate surface area is 258 Å². The highest BCUT2D eigenvalue weighted by atomic mass is 16.5. The predicted molar refractivity (Wildman–Crippen MR) is 170 cm³/mol. The van der Waals surface area contributed by atoms with Gasteiger partial charge in [0, 0.05) is 20.8 Å². The minimum Gasteiger partial charge on any atom is -0.483 e. The first-order valence-corrected chi connectivity index (χ1v) is 17.0. The SMILES string of the molecule is CC1CCC2C(CO1)[C@H](C(C)CC(O)C(C)[C@@H]1CC[C@@H](C)C3CCC(C)OCC31)CC[C@H]2C.CCOC.CO.O=CO. The molecule has 0 bridgehead atoms. The second-order valence-corrected chi connectivity index (χ2v) is 13.9. The van der Waals surface area contributed by atoms with Crippen molar-refractivity contribution in [2.75, 3.05) is 34.0 Å². The molecular weight excluding hydrogens is 532 g/mol. The summed E-state index contributed by atoms with van der Waals surface area (Å²) < 4.78 is 17.1. The number of fused-ring (bicyclic) bond motifs is 2. The summed E-state index contributed by atoms with van der Waals surface area (Å²) in [6.45, 7) is 18.6. The van der Waals surface area contributed by atoms with Crippen molar-refractivity contribution < 1.29 is 34.3 Å². The fourth-order valence-electron chi connectivity index (χ4n) is 8.72. The Balaban J connectivity index is 0.000000873. The van der Waals surface area contributed by atoms with Gasteiger partial charge in [0.2, 0.25) is 0 Å². The van der Waals surface area contributed by atoms with Gasteiger partial charge in [-0.3, -0.25) is 4.79 Å². The van der Waals surface area contributed by atoms with Gasteiger partial charge in [0.05, 0.1) is 31.5 Å². The second-order valence-electron chi connectivity index (χ2n) is 13.9. The number of aliphatic hydroxyl groups is 2. The largest absolute Gasteiger partial charge is 0.483 e. The Bertz CT molecular complexity index is 688. The van der Waals surface area contributed by atoms with Crippen LogP contribution in [0.25, 0.3) is 0 Å². The maximum atomic E-state index is 11.5. The van der Waals surface area contributed by atoms with Crippen LogP contribution in [0.5, 0.6) is 0 Å². The normalized spacial score (nSPS) is 38.4. The summed E-state index contributed by atoms with van der Waals surface area (Å²) in [5, 5.41) is 25.4. The molecule has 2 aliphatic carbocycles. The monoisotopic (exact) mass is 600 g/mol. The first kappa shape index (κ1) is 39.3. The molecule has 0 aromatic rings. The van der Waals surface area contributed by atoms with Crippen LogP contribution in [0, 0.1) is 59.2 Å². The summed E-state index contributed by atoms with van der Waals surface area (Å²) in [5.74, 6) is 6.82. The summed E-state index contributed by atoms with van der Waals surface area (Å²) in [4.78, 5) is 8.36. The van der Waals surface area contributed by atoms with Gasteiger partial charge in [-0.05, 0) is 125 Å². The first-order valence-electron chi connectivity index (χ1n) is 17.0. The molecule has 250 valence electrons. The number of aliphatic hydroxyl groups excluding tert-OH is 2. The number of carbonyl (C=O) groups is 1. The number of rotatable bonds is 6. The van der Waals surface area contributed by atoms with Crippen molar-refractivity contribution >= 4 is 6.47 Å². The molecule has 3 N–H and O–H groups in total. The van der Waals surface area contributed by atoms with Gasteiger partial charge in [0.15, 0.2) is 0 Å². The van der Waals surface area contributed by atoms with Crippen LogP contribution in [-0.2, 0) is 19.0 Å². The molecule has 4 fully saturated rings. The fourth-order valence-corrected chi connectivity index (χ4v) is 8.72. The van der Waals surface area contributed by atoms with Crippen LogP contribution in [-0.4, -0.2) is 74.1 Å². The van der Waals surface area contributed by atoms with Crippen LogP contribution in [0.1, 0.15) is 106 Å². The van der Waals surface area contributed by atoms with Crippen LogP contribution >= 0.6 is 0 Å². The Morgan fingerprint density at radius 3 is 1.60 bits per heavy atom. The molecule has 42 heavy (non-hydrogen) atoms. The van der Waals surface area contributed by atoms with Crippen molar-refractivity contribution in [1.82, 2.24) is 0 Å². The van der Waals surface area contributed by atoms with E-state index in [9.17, 15) is 5.11 Å². The average Bonchev–Trinajstić information content (AvgIpc) is 3.31. The smallest absolute Gasteiger partial charge is 0.290 e. The van der Waals surface area contributed by atoms with Crippen LogP contribution in [0.2, 0.25) is 0 Å². The van der Waals surface area contributed by atoms with Gasteiger partial charge in [0.25, 0.3) is 6.47 Å². The molecule has 2 heterocycles. The number of carboxylic acid groups (broad SMARTS) is 1. The standard InChI is InChI=1S/C30H54O3.C3H8O.CH2O2.CH4O/c1-18-7-11-26(28-16-32-21(4)9-13-24(18)28)20(3)15-30(31)23(6)27-12-8-19(2)25-14-10-22(5)33-17-29(25)27;1-3-4-2;2-1-3;1-2/h18-31H,7-17H2,1-6H3;3H2,1-2H3;1H,(H,2,3);2H,1H3/t18-,19-,20?,21?,22?,23?,24?,25?,26+,27+,28?,29?,30?;;;/m1.../s1. The molecule has 0 aromatic heterocycles. The van der Waals surface area contributed by atoms with Crippen LogP contribution in [0.3, 0.4) is 0 Å². The van der Waals surface area contributed by atoms with E-state index in [1.165, 1.54) is 51.4 Å². The molecule has 4 rings (SSSR count). The minimum absolute atomic E-state index is 0.192. The molecule has 2 saturated carbocycles. The van der Waals surface area contributed by atoms with Crippen molar-refractivity contribution in [3.05, 3.63) is 0 Å². The van der Waals surface area contributed by atoms with E-state index in [-0.39, 0.29) is 12.6 Å². The van der Waals surface area contributed by atoms with Crippen molar-refractivity contribution in [1.29, 1.82) is 0 Å². The van der Waals surface area contributed by atoms with Gasteiger partial charge < -0.3 is 29.5 Å². The van der Waals surface area contributed by atoms with Crippen LogP contribution in [0.4, 0.5) is 0 Å². The lowest BCUT2D eigenvalue weighted by Crippen LogP contribution is -2.43. The molecule has 7 nitrogen and oxygen atoms in total. The molecule has 0 spiro atoms.